The molecule has 0 radical (unpaired) electrons. The second-order valence-electron chi connectivity index (χ2n) is 9.63. The smallest absolute Gasteiger partial charge is 0.331 e. The van der Waals surface area contributed by atoms with Crippen molar-refractivity contribution in [3.05, 3.63) is 67.8 Å². The molecule has 2 N–H and O–H groups in total. The summed E-state index contributed by atoms with van der Waals surface area (Å²) in [4.78, 5) is 53.8. The van der Waals surface area contributed by atoms with Crippen LogP contribution in [0.4, 0.5) is 16.2 Å². The number of halogens is 1. The topological polar surface area (TPSA) is 138 Å². The highest BCUT2D eigenvalue weighted by Gasteiger charge is 2.33. The minimum Gasteiger partial charge on any atom is -0.377 e. The predicted molar refractivity (Wildman–Crippen MR) is 146 cm³/mol. The number of ether oxygens (including phenoxy) is 1. The summed E-state index contributed by atoms with van der Waals surface area (Å²) >= 11 is 6.07. The number of amides is 3. The van der Waals surface area contributed by atoms with Crippen LogP contribution >= 0.6 is 11.6 Å². The number of morpholine rings is 1. The molecule has 39 heavy (non-hydrogen) atoms. The van der Waals surface area contributed by atoms with Gasteiger partial charge in [0.25, 0.3) is 5.56 Å². The number of carbonyl (C=O) groups is 2. The van der Waals surface area contributed by atoms with Gasteiger partial charge in [0.2, 0.25) is 5.91 Å². The number of hydrogen-bond donors (Lipinski definition) is 2. The molecule has 2 fully saturated rings. The lowest BCUT2D eigenvalue weighted by molar-refractivity contribution is -0.125. The number of benzene rings is 2. The van der Waals surface area contributed by atoms with Crippen molar-refractivity contribution in [2.45, 2.75) is 38.9 Å². The number of nitrogens with one attached hydrogen (secondary N) is 2. The Labute approximate surface area is 228 Å². The van der Waals surface area contributed by atoms with E-state index in [1.165, 1.54) is 21.6 Å². The number of carbonyl (C=O) groups excluding carboxylic acids is 2. The lowest BCUT2D eigenvalue weighted by atomic mass is 10.1. The fourth-order valence-electron chi connectivity index (χ4n) is 4.70. The summed E-state index contributed by atoms with van der Waals surface area (Å²) in [6.45, 7) is 3.07. The molecule has 1 aliphatic heterocycles. The number of aryl methyl sites for hydroxylation is 1. The number of aromatic nitrogens is 2. The van der Waals surface area contributed by atoms with Crippen molar-refractivity contribution in [3.63, 3.8) is 0 Å². The van der Waals surface area contributed by atoms with Crippen LogP contribution in [0.5, 0.6) is 0 Å². The molecule has 5 rings (SSSR count). The van der Waals surface area contributed by atoms with Gasteiger partial charge in [0.15, 0.2) is 0 Å². The Hall–Kier alpha value is -4.14. The van der Waals surface area contributed by atoms with Crippen molar-refractivity contribution in [1.29, 1.82) is 5.26 Å². The first kappa shape index (κ1) is 26.5. The third-order valence-corrected chi connectivity index (χ3v) is 7.29. The maximum Gasteiger partial charge on any atom is 0.331 e. The van der Waals surface area contributed by atoms with E-state index < -0.39 is 18.0 Å². The highest BCUT2D eigenvalue weighted by atomic mass is 35.5. The number of nitriles is 1. The number of anilines is 2. The highest BCUT2D eigenvalue weighted by molar-refractivity contribution is 6.32. The normalized spacial score (nSPS) is 17.1. The van der Waals surface area contributed by atoms with E-state index in [4.69, 9.17) is 21.6 Å². The molecule has 1 saturated carbocycles. The molecule has 1 saturated heterocycles. The average Bonchev–Trinajstić information content (AvgIpc) is 3.76. The fraction of sp³-hybridized carbons (Fsp3) is 0.370. The van der Waals surface area contributed by atoms with Crippen molar-refractivity contribution >= 4 is 45.8 Å². The Bertz CT molecular complexity index is 1620. The van der Waals surface area contributed by atoms with E-state index in [1.54, 1.807) is 28.8 Å². The van der Waals surface area contributed by atoms with Crippen LogP contribution in [0.3, 0.4) is 0 Å². The zero-order valence-corrected chi connectivity index (χ0v) is 22.0. The Morgan fingerprint density at radius 3 is 2.54 bits per heavy atom. The molecule has 12 heteroatoms. The van der Waals surface area contributed by atoms with Crippen molar-refractivity contribution < 1.29 is 14.3 Å². The van der Waals surface area contributed by atoms with Gasteiger partial charge in [-0.25, -0.2) is 9.59 Å². The fourth-order valence-corrected chi connectivity index (χ4v) is 4.92. The minimum absolute atomic E-state index is 0.00939. The molecule has 3 aromatic rings. The summed E-state index contributed by atoms with van der Waals surface area (Å²) in [7, 11) is 0. The van der Waals surface area contributed by atoms with Crippen LogP contribution in [0, 0.1) is 17.2 Å². The molecule has 0 bridgehead atoms. The molecule has 2 aromatic carbocycles. The number of urea groups is 1. The predicted octanol–water partition coefficient (Wildman–Crippen LogP) is 2.99. The van der Waals surface area contributed by atoms with Gasteiger partial charge in [-0.15, -0.1) is 0 Å². The molecule has 1 aromatic heterocycles. The number of rotatable bonds is 6. The van der Waals surface area contributed by atoms with Gasteiger partial charge in [-0.05, 0) is 62.1 Å². The monoisotopic (exact) mass is 550 g/mol. The van der Waals surface area contributed by atoms with Gasteiger partial charge in [0.05, 0.1) is 34.7 Å². The second kappa shape index (κ2) is 10.9. The molecule has 1 aliphatic carbocycles. The Kier molecular flexibility index (Phi) is 7.41. The number of nitrogens with zero attached hydrogens (tertiary/aromatic N) is 4. The van der Waals surface area contributed by atoms with Gasteiger partial charge in [-0.1, -0.05) is 11.6 Å². The maximum atomic E-state index is 13.3. The zero-order chi connectivity index (χ0) is 27.7. The van der Waals surface area contributed by atoms with E-state index in [1.807, 2.05) is 13.0 Å². The molecule has 3 amide bonds. The van der Waals surface area contributed by atoms with Gasteiger partial charge in [-0.3, -0.25) is 18.7 Å². The molecular formula is C27H27ClN6O5. The lowest BCUT2D eigenvalue weighted by Crippen LogP contribution is -2.55. The summed E-state index contributed by atoms with van der Waals surface area (Å²) in [6.07, 6.45) is 2.00. The van der Waals surface area contributed by atoms with Crippen molar-refractivity contribution in [1.82, 2.24) is 14.0 Å². The average molecular weight is 551 g/mol. The molecule has 2 aliphatic rings. The van der Waals surface area contributed by atoms with Crippen LogP contribution in [0.15, 0.2) is 46.0 Å². The van der Waals surface area contributed by atoms with Crippen molar-refractivity contribution in [3.8, 4) is 6.07 Å². The minimum atomic E-state index is -0.931. The van der Waals surface area contributed by atoms with Gasteiger partial charge < -0.3 is 20.3 Å². The summed E-state index contributed by atoms with van der Waals surface area (Å²) in [5.41, 5.74) is 0.820. The number of hydrogen-bond acceptors (Lipinski definition) is 6. The van der Waals surface area contributed by atoms with Crippen molar-refractivity contribution in [2.24, 2.45) is 5.92 Å². The van der Waals surface area contributed by atoms with E-state index in [9.17, 15) is 19.2 Å². The lowest BCUT2D eigenvalue weighted by Gasteiger charge is -2.34. The van der Waals surface area contributed by atoms with Gasteiger partial charge in [0, 0.05) is 31.0 Å². The molecule has 202 valence electrons. The molecular weight excluding hydrogens is 524 g/mol. The number of fused-ring (bicyclic) bond motifs is 1. The van der Waals surface area contributed by atoms with Gasteiger partial charge in [-0.2, -0.15) is 5.26 Å². The van der Waals surface area contributed by atoms with Gasteiger partial charge >= 0.3 is 11.7 Å². The SMILES string of the molecule is CCn1c(=O)n(CC2CC2)c(=O)c2cc(NC(=O)C3COCCN3C(=O)Nc3ccc(C#N)c(Cl)c3)ccc21. The second-order valence-corrected chi connectivity index (χ2v) is 10.0. The van der Waals surface area contributed by atoms with Crippen LogP contribution in [0.1, 0.15) is 25.3 Å². The first-order chi connectivity index (χ1) is 18.8. The maximum absolute atomic E-state index is 13.3. The Balaban J connectivity index is 1.37. The van der Waals surface area contributed by atoms with E-state index in [2.05, 4.69) is 10.6 Å². The molecule has 0 spiro atoms. The molecule has 1 atom stereocenters. The summed E-state index contributed by atoms with van der Waals surface area (Å²) in [5.74, 6) is -0.144. The third-order valence-electron chi connectivity index (χ3n) is 6.98. The Morgan fingerprint density at radius 2 is 1.85 bits per heavy atom. The van der Waals surface area contributed by atoms with E-state index >= 15 is 0 Å². The highest BCUT2D eigenvalue weighted by Crippen LogP contribution is 2.30. The van der Waals surface area contributed by atoms with E-state index in [0.717, 1.165) is 12.8 Å². The van der Waals surface area contributed by atoms with Crippen LogP contribution in [0.2, 0.25) is 5.02 Å². The quantitative estimate of drug-likeness (QED) is 0.484. The van der Waals surface area contributed by atoms with Crippen molar-refractivity contribution in [2.75, 3.05) is 30.4 Å². The van der Waals surface area contributed by atoms with Gasteiger partial charge in [0.1, 0.15) is 12.1 Å². The van der Waals surface area contributed by atoms with E-state index in [0.29, 0.717) is 41.3 Å². The van der Waals surface area contributed by atoms with Crippen LogP contribution in [-0.4, -0.2) is 51.8 Å². The third kappa shape index (κ3) is 5.39. The first-order valence-electron chi connectivity index (χ1n) is 12.7. The summed E-state index contributed by atoms with van der Waals surface area (Å²) in [6, 6.07) is 9.87. The molecule has 11 nitrogen and oxygen atoms in total. The summed E-state index contributed by atoms with van der Waals surface area (Å²) in [5, 5.41) is 15.1. The molecule has 1 unspecified atom stereocenters. The standard InChI is InChI=1S/C27H27ClN6O5/c1-2-32-22-8-7-18(11-20(22)25(36)34(27(32)38)14-16-3-4-16)30-24(35)23-15-39-10-9-33(23)26(37)31-19-6-5-17(13-29)21(28)12-19/h5-8,11-12,16,23H,2-4,9-10,14-15H2,1H3,(H,30,35)(H,31,37). The summed E-state index contributed by atoms with van der Waals surface area (Å²) < 4.78 is 8.32. The first-order valence-corrected chi connectivity index (χ1v) is 13.1. The van der Waals surface area contributed by atoms with Crippen LogP contribution in [-0.2, 0) is 22.6 Å². The van der Waals surface area contributed by atoms with Crippen LogP contribution in [0.25, 0.3) is 10.9 Å². The molecule has 2 heterocycles. The van der Waals surface area contributed by atoms with Crippen LogP contribution < -0.4 is 21.9 Å². The largest absolute Gasteiger partial charge is 0.377 e. The zero-order valence-electron chi connectivity index (χ0n) is 21.3. The van der Waals surface area contributed by atoms with E-state index in [-0.39, 0.29) is 41.6 Å². The Morgan fingerprint density at radius 1 is 1.10 bits per heavy atom.